The molecule has 2 aromatic heterocycles. The molecule has 0 spiro atoms. The SMILES string of the molecule is c1ccc(-c2cc3cc4ccc5c6cc7sccc7cc6ccc5c4cc3s2)cc1. The van der Waals surface area contributed by atoms with Crippen molar-refractivity contribution in [2.24, 2.45) is 0 Å². The van der Waals surface area contributed by atoms with Crippen molar-refractivity contribution in [2.75, 3.05) is 0 Å². The van der Waals surface area contributed by atoms with E-state index in [1.807, 2.05) is 22.7 Å². The van der Waals surface area contributed by atoms with Crippen LogP contribution in [-0.2, 0) is 0 Å². The highest BCUT2D eigenvalue weighted by molar-refractivity contribution is 7.22. The lowest BCUT2D eigenvalue weighted by atomic mass is 9.96. The standard InChI is InChI=1S/C28H16S2/c1-2-4-17(5-3-1)27-14-21-13-19-7-9-22-23(25(19)16-28(21)30-27)8-6-18-12-20-10-11-29-26(20)15-24(18)22/h1-16H. The Balaban J connectivity index is 1.53. The van der Waals surface area contributed by atoms with Gasteiger partial charge in [0.2, 0.25) is 0 Å². The van der Waals surface area contributed by atoms with E-state index in [9.17, 15) is 0 Å². The van der Waals surface area contributed by atoms with Crippen molar-refractivity contribution in [3.8, 4) is 10.4 Å². The van der Waals surface area contributed by atoms with Gasteiger partial charge in [0.05, 0.1) is 0 Å². The molecule has 30 heavy (non-hydrogen) atoms. The summed E-state index contributed by atoms with van der Waals surface area (Å²) in [5.74, 6) is 0. The highest BCUT2D eigenvalue weighted by Gasteiger charge is 2.10. The zero-order valence-electron chi connectivity index (χ0n) is 16.1. The molecular weight excluding hydrogens is 400 g/mol. The molecule has 0 aliphatic rings. The second-order valence-corrected chi connectivity index (χ2v) is 9.88. The molecule has 0 N–H and O–H groups in total. The molecule has 140 valence electrons. The van der Waals surface area contributed by atoms with Gasteiger partial charge in [-0.2, -0.15) is 0 Å². The van der Waals surface area contributed by atoms with E-state index in [0.717, 1.165) is 0 Å². The molecule has 7 rings (SSSR count). The smallest absolute Gasteiger partial charge is 0.0355 e. The largest absolute Gasteiger partial charge is 0.144 e. The van der Waals surface area contributed by atoms with Gasteiger partial charge in [-0.25, -0.2) is 0 Å². The Morgan fingerprint density at radius 2 is 1.17 bits per heavy atom. The predicted molar refractivity (Wildman–Crippen MR) is 135 cm³/mol. The fourth-order valence-corrected chi connectivity index (χ4v) is 6.51. The van der Waals surface area contributed by atoms with Gasteiger partial charge in [-0.15, -0.1) is 22.7 Å². The predicted octanol–water partition coefficient (Wildman–Crippen LogP) is 9.24. The first-order valence-corrected chi connectivity index (χ1v) is 11.8. The molecule has 0 atom stereocenters. The highest BCUT2D eigenvalue weighted by Crippen LogP contribution is 2.39. The molecule has 0 saturated carbocycles. The molecule has 0 unspecified atom stereocenters. The first-order chi connectivity index (χ1) is 14.8. The van der Waals surface area contributed by atoms with Gasteiger partial charge in [-0.05, 0) is 90.4 Å². The Morgan fingerprint density at radius 1 is 0.467 bits per heavy atom. The van der Waals surface area contributed by atoms with Gasteiger partial charge in [0, 0.05) is 14.3 Å². The Hall–Kier alpha value is -3.20. The molecular formula is C28H16S2. The van der Waals surface area contributed by atoms with E-state index in [4.69, 9.17) is 0 Å². The lowest BCUT2D eigenvalue weighted by Crippen LogP contribution is -1.81. The molecule has 0 bridgehead atoms. The van der Waals surface area contributed by atoms with E-state index in [1.54, 1.807) is 0 Å². The van der Waals surface area contributed by atoms with Crippen LogP contribution in [0.15, 0.2) is 96.4 Å². The highest BCUT2D eigenvalue weighted by atomic mass is 32.1. The molecule has 0 saturated heterocycles. The van der Waals surface area contributed by atoms with Crippen molar-refractivity contribution in [3.05, 3.63) is 96.4 Å². The Labute approximate surface area is 181 Å². The van der Waals surface area contributed by atoms with Gasteiger partial charge in [0.15, 0.2) is 0 Å². The van der Waals surface area contributed by atoms with E-state index in [2.05, 4.69) is 96.4 Å². The second kappa shape index (κ2) is 6.15. The minimum absolute atomic E-state index is 1.29. The first kappa shape index (κ1) is 16.6. The summed E-state index contributed by atoms with van der Waals surface area (Å²) in [6, 6.07) is 33.8. The van der Waals surface area contributed by atoms with Crippen LogP contribution in [0.2, 0.25) is 0 Å². The van der Waals surface area contributed by atoms with Crippen molar-refractivity contribution >= 4 is 75.2 Å². The maximum absolute atomic E-state index is 2.39. The number of hydrogen-bond acceptors (Lipinski definition) is 2. The second-order valence-electron chi connectivity index (χ2n) is 7.85. The third kappa shape index (κ3) is 2.38. The summed E-state index contributed by atoms with van der Waals surface area (Å²) in [4.78, 5) is 1.33. The van der Waals surface area contributed by atoms with Gasteiger partial charge < -0.3 is 0 Å². The number of benzene rings is 5. The van der Waals surface area contributed by atoms with E-state index in [-0.39, 0.29) is 0 Å². The molecule has 0 amide bonds. The summed E-state index contributed by atoms with van der Waals surface area (Å²) in [5.41, 5.74) is 1.29. The number of rotatable bonds is 1. The van der Waals surface area contributed by atoms with Crippen molar-refractivity contribution in [1.82, 2.24) is 0 Å². The third-order valence-electron chi connectivity index (χ3n) is 6.10. The molecule has 0 nitrogen and oxygen atoms in total. The van der Waals surface area contributed by atoms with E-state index in [1.165, 1.54) is 62.9 Å². The van der Waals surface area contributed by atoms with E-state index in [0.29, 0.717) is 0 Å². The van der Waals surface area contributed by atoms with Crippen LogP contribution in [0.3, 0.4) is 0 Å². The molecule has 0 radical (unpaired) electrons. The average molecular weight is 417 g/mol. The fourth-order valence-electron chi connectivity index (χ4n) is 4.61. The summed E-state index contributed by atoms with van der Waals surface area (Å²) in [5, 5.41) is 12.8. The normalized spacial score (nSPS) is 12.0. The van der Waals surface area contributed by atoms with Gasteiger partial charge >= 0.3 is 0 Å². The quantitative estimate of drug-likeness (QED) is 0.234. The van der Waals surface area contributed by atoms with Crippen molar-refractivity contribution in [1.29, 1.82) is 0 Å². The van der Waals surface area contributed by atoms with Gasteiger partial charge in [-0.1, -0.05) is 54.6 Å². The zero-order valence-corrected chi connectivity index (χ0v) is 17.7. The van der Waals surface area contributed by atoms with Crippen LogP contribution in [0.5, 0.6) is 0 Å². The first-order valence-electron chi connectivity index (χ1n) is 10.1. The fraction of sp³-hybridized carbons (Fsp3) is 0. The molecule has 5 aromatic carbocycles. The van der Waals surface area contributed by atoms with Crippen molar-refractivity contribution in [2.45, 2.75) is 0 Å². The number of hydrogen-bond donors (Lipinski definition) is 0. The Morgan fingerprint density at radius 3 is 1.93 bits per heavy atom. The molecule has 7 aromatic rings. The minimum Gasteiger partial charge on any atom is -0.144 e. The summed E-state index contributed by atoms with van der Waals surface area (Å²) in [7, 11) is 0. The van der Waals surface area contributed by atoms with Crippen LogP contribution in [0.4, 0.5) is 0 Å². The number of fused-ring (bicyclic) bond motifs is 7. The maximum Gasteiger partial charge on any atom is 0.0355 e. The lowest BCUT2D eigenvalue weighted by molar-refractivity contribution is 1.70. The molecule has 0 aliphatic carbocycles. The van der Waals surface area contributed by atoms with Gasteiger partial charge in [0.25, 0.3) is 0 Å². The van der Waals surface area contributed by atoms with Gasteiger partial charge in [0.1, 0.15) is 0 Å². The van der Waals surface area contributed by atoms with Crippen LogP contribution in [0.1, 0.15) is 0 Å². The van der Waals surface area contributed by atoms with E-state index >= 15 is 0 Å². The van der Waals surface area contributed by atoms with Crippen molar-refractivity contribution in [3.63, 3.8) is 0 Å². The molecule has 0 fully saturated rings. The summed E-state index contributed by atoms with van der Waals surface area (Å²) in [6.07, 6.45) is 0. The molecule has 2 heteroatoms. The molecule has 0 aliphatic heterocycles. The average Bonchev–Trinajstić information content (AvgIpc) is 3.42. The van der Waals surface area contributed by atoms with E-state index < -0.39 is 0 Å². The molecule has 2 heterocycles. The Kier molecular flexibility index (Phi) is 3.40. The van der Waals surface area contributed by atoms with Crippen LogP contribution in [-0.4, -0.2) is 0 Å². The topological polar surface area (TPSA) is 0 Å². The Bertz CT molecular complexity index is 1730. The number of thiophene rings is 2. The van der Waals surface area contributed by atoms with Crippen LogP contribution >= 0.6 is 22.7 Å². The third-order valence-corrected chi connectivity index (χ3v) is 8.13. The van der Waals surface area contributed by atoms with Crippen LogP contribution in [0.25, 0.3) is 62.9 Å². The maximum atomic E-state index is 2.39. The van der Waals surface area contributed by atoms with Crippen LogP contribution in [0, 0.1) is 0 Å². The summed E-state index contributed by atoms with van der Waals surface area (Å²) in [6.45, 7) is 0. The summed E-state index contributed by atoms with van der Waals surface area (Å²) < 4.78 is 2.71. The minimum atomic E-state index is 1.29. The lowest BCUT2D eigenvalue weighted by Gasteiger charge is -2.08. The zero-order chi connectivity index (χ0) is 19.7. The summed E-state index contributed by atoms with van der Waals surface area (Å²) >= 11 is 3.70. The van der Waals surface area contributed by atoms with Gasteiger partial charge in [-0.3, -0.25) is 0 Å². The van der Waals surface area contributed by atoms with Crippen molar-refractivity contribution < 1.29 is 0 Å². The van der Waals surface area contributed by atoms with Crippen LogP contribution < -0.4 is 0 Å². The monoisotopic (exact) mass is 416 g/mol.